The Morgan fingerprint density at radius 3 is 2.47 bits per heavy atom. The Morgan fingerprint density at radius 1 is 0.972 bits per heavy atom. The highest BCUT2D eigenvalue weighted by Crippen LogP contribution is 2.68. The first-order chi connectivity index (χ1) is 16.9. The van der Waals surface area contributed by atoms with E-state index in [1.54, 1.807) is 5.57 Å². The standard InChI is InChI=1S/C33H58NO2/c1-23(2)10-9-11-24(3)28-14-15-29-27-13-12-25-20-33(35-22-26(36-33)21-34(6,7)8)19-18-31(25,4)30(27)16-17-32(28,29)5/h12,23-24,26-30H,9-11,13-22H2,1-8H3/q+1/t24-,26?,27+,28-,29+,30+,31+,32-,33?/m1/s1. The quantitative estimate of drug-likeness (QED) is 0.262. The minimum Gasteiger partial charge on any atom is -0.347 e. The van der Waals surface area contributed by atoms with Crippen LogP contribution < -0.4 is 0 Å². The molecule has 0 N–H and O–H groups in total. The summed E-state index contributed by atoms with van der Waals surface area (Å²) in [7, 11) is 6.77. The van der Waals surface area contributed by atoms with Gasteiger partial charge in [-0.25, -0.2) is 0 Å². The van der Waals surface area contributed by atoms with Gasteiger partial charge in [0.05, 0.1) is 27.7 Å². The average molecular weight is 501 g/mol. The Labute approximate surface area is 223 Å². The molecule has 3 heteroatoms. The number of quaternary nitrogens is 1. The number of rotatable bonds is 7. The van der Waals surface area contributed by atoms with Gasteiger partial charge in [-0.2, -0.15) is 0 Å². The third kappa shape index (κ3) is 4.88. The van der Waals surface area contributed by atoms with E-state index in [1.165, 1.54) is 57.8 Å². The fraction of sp³-hybridized carbons (Fsp3) is 0.939. The lowest BCUT2D eigenvalue weighted by molar-refractivity contribution is -0.873. The average Bonchev–Trinajstić information content (AvgIpc) is 3.33. The van der Waals surface area contributed by atoms with Gasteiger partial charge in [0.15, 0.2) is 5.79 Å². The summed E-state index contributed by atoms with van der Waals surface area (Å²) in [6.45, 7) is 14.5. The zero-order chi connectivity index (χ0) is 25.9. The minimum absolute atomic E-state index is 0.236. The predicted octanol–water partition coefficient (Wildman–Crippen LogP) is 7.85. The van der Waals surface area contributed by atoms with Crippen molar-refractivity contribution in [3.05, 3.63) is 11.6 Å². The summed E-state index contributed by atoms with van der Waals surface area (Å²) in [5.41, 5.74) is 2.62. The number of hydrogen-bond acceptors (Lipinski definition) is 2. The van der Waals surface area contributed by atoms with Crippen molar-refractivity contribution >= 4 is 0 Å². The molecule has 4 fully saturated rings. The van der Waals surface area contributed by atoms with Crippen LogP contribution in [0.2, 0.25) is 0 Å². The van der Waals surface area contributed by atoms with Crippen molar-refractivity contribution in [1.29, 1.82) is 0 Å². The maximum atomic E-state index is 6.69. The van der Waals surface area contributed by atoms with Crippen molar-refractivity contribution in [2.45, 2.75) is 117 Å². The molecular weight excluding hydrogens is 442 g/mol. The van der Waals surface area contributed by atoms with Crippen LogP contribution in [0.5, 0.6) is 0 Å². The number of nitrogens with zero attached hydrogens (tertiary/aromatic N) is 1. The van der Waals surface area contributed by atoms with Gasteiger partial charge in [0.1, 0.15) is 12.6 Å². The molecule has 0 aromatic rings. The Balaban J connectivity index is 1.27. The normalized spacial score (nSPS) is 45.4. The zero-order valence-electron chi connectivity index (χ0n) is 25.1. The van der Waals surface area contributed by atoms with E-state index >= 15 is 0 Å². The van der Waals surface area contributed by atoms with Gasteiger partial charge >= 0.3 is 0 Å². The van der Waals surface area contributed by atoms with Crippen molar-refractivity contribution in [3.63, 3.8) is 0 Å². The molecule has 3 nitrogen and oxygen atoms in total. The molecule has 1 aliphatic heterocycles. The molecule has 1 saturated heterocycles. The molecule has 5 aliphatic rings. The van der Waals surface area contributed by atoms with Gasteiger partial charge in [-0.15, -0.1) is 0 Å². The van der Waals surface area contributed by atoms with E-state index in [4.69, 9.17) is 9.47 Å². The van der Waals surface area contributed by atoms with Crippen LogP contribution in [0.1, 0.15) is 105 Å². The van der Waals surface area contributed by atoms with Crippen LogP contribution in [0.3, 0.4) is 0 Å². The van der Waals surface area contributed by atoms with E-state index in [1.807, 2.05) is 0 Å². The highest BCUT2D eigenvalue weighted by atomic mass is 16.7. The monoisotopic (exact) mass is 500 g/mol. The number of allylic oxidation sites excluding steroid dienone is 1. The van der Waals surface area contributed by atoms with Gasteiger partial charge in [-0.1, -0.05) is 65.5 Å². The maximum absolute atomic E-state index is 6.69. The summed E-state index contributed by atoms with van der Waals surface area (Å²) >= 11 is 0. The van der Waals surface area contributed by atoms with Crippen molar-refractivity contribution in [3.8, 4) is 0 Å². The maximum Gasteiger partial charge on any atom is 0.172 e. The van der Waals surface area contributed by atoms with Gasteiger partial charge in [-0.3, -0.25) is 0 Å². The second kappa shape index (κ2) is 9.67. The lowest BCUT2D eigenvalue weighted by Gasteiger charge is -2.59. The molecule has 36 heavy (non-hydrogen) atoms. The molecule has 0 bridgehead atoms. The van der Waals surface area contributed by atoms with Gasteiger partial charge in [0.2, 0.25) is 0 Å². The number of likely N-dealkylation sites (N-methyl/N-ethyl adjacent to an activating group) is 1. The first-order valence-corrected chi connectivity index (χ1v) is 15.7. The predicted molar refractivity (Wildman–Crippen MR) is 150 cm³/mol. The Morgan fingerprint density at radius 2 is 1.75 bits per heavy atom. The molecule has 0 aromatic heterocycles. The summed E-state index contributed by atoms with van der Waals surface area (Å²) in [6, 6.07) is 0. The summed E-state index contributed by atoms with van der Waals surface area (Å²) in [5.74, 6) is 5.05. The smallest absolute Gasteiger partial charge is 0.172 e. The third-order valence-corrected chi connectivity index (χ3v) is 12.0. The lowest BCUT2D eigenvalue weighted by Crippen LogP contribution is -2.53. The Bertz CT molecular complexity index is 828. The molecule has 0 aromatic carbocycles. The molecule has 0 radical (unpaired) electrons. The van der Waals surface area contributed by atoms with Gasteiger partial charge in [0.25, 0.3) is 0 Å². The van der Waals surface area contributed by atoms with E-state index in [9.17, 15) is 0 Å². The van der Waals surface area contributed by atoms with Crippen molar-refractivity contribution in [1.82, 2.24) is 0 Å². The zero-order valence-corrected chi connectivity index (χ0v) is 25.1. The van der Waals surface area contributed by atoms with Gasteiger partial charge in [0, 0.05) is 12.8 Å². The lowest BCUT2D eigenvalue weighted by atomic mass is 9.46. The molecule has 4 aliphatic carbocycles. The van der Waals surface area contributed by atoms with Gasteiger partial charge in [-0.05, 0) is 84.9 Å². The molecule has 0 amide bonds. The first kappa shape index (κ1) is 27.2. The largest absolute Gasteiger partial charge is 0.347 e. The van der Waals surface area contributed by atoms with Crippen molar-refractivity contribution < 1.29 is 14.0 Å². The van der Waals surface area contributed by atoms with Crippen LogP contribution in [0.4, 0.5) is 0 Å². The van der Waals surface area contributed by atoms with Crippen LogP contribution >= 0.6 is 0 Å². The Hall–Kier alpha value is -0.380. The van der Waals surface area contributed by atoms with Crippen LogP contribution in [-0.4, -0.2) is 50.7 Å². The van der Waals surface area contributed by atoms with Gasteiger partial charge < -0.3 is 14.0 Å². The molecule has 5 rings (SSSR count). The highest BCUT2D eigenvalue weighted by molar-refractivity contribution is 5.26. The molecule has 3 saturated carbocycles. The van der Waals surface area contributed by atoms with E-state index in [2.05, 4.69) is 61.8 Å². The van der Waals surface area contributed by atoms with E-state index in [0.29, 0.717) is 10.8 Å². The second-order valence-corrected chi connectivity index (χ2v) is 15.9. The first-order valence-electron chi connectivity index (χ1n) is 15.7. The molecule has 1 heterocycles. The number of hydrogen-bond donors (Lipinski definition) is 0. The summed E-state index contributed by atoms with van der Waals surface area (Å²) in [6.07, 6.45) is 17.7. The topological polar surface area (TPSA) is 18.5 Å². The Kier molecular flexibility index (Phi) is 7.30. The molecule has 2 unspecified atom stereocenters. The fourth-order valence-electron chi connectivity index (χ4n) is 10.2. The van der Waals surface area contributed by atoms with Crippen molar-refractivity contribution in [2.75, 3.05) is 34.3 Å². The van der Waals surface area contributed by atoms with Crippen LogP contribution in [0, 0.1) is 46.3 Å². The molecule has 9 atom stereocenters. The fourth-order valence-corrected chi connectivity index (χ4v) is 10.2. The number of fused-ring (bicyclic) bond motifs is 5. The molecule has 1 spiro atoms. The van der Waals surface area contributed by atoms with E-state index in [0.717, 1.165) is 66.0 Å². The SMILES string of the molecule is CC(C)CCC[C@@H](C)[C@H]1CC[C@H]2[C@@H]3CC=C4CC5(CC[C@]4(C)[C@H]3CC[C@]12C)OCC(C[N+](C)(C)C)O5. The summed E-state index contributed by atoms with van der Waals surface area (Å²) < 4.78 is 14.1. The van der Waals surface area contributed by atoms with Crippen LogP contribution in [0.25, 0.3) is 0 Å². The third-order valence-electron chi connectivity index (χ3n) is 12.0. The second-order valence-electron chi connectivity index (χ2n) is 15.9. The summed E-state index contributed by atoms with van der Waals surface area (Å²) in [5, 5.41) is 0. The van der Waals surface area contributed by atoms with E-state index in [-0.39, 0.29) is 11.9 Å². The highest BCUT2D eigenvalue weighted by Gasteiger charge is 2.61. The molecular formula is C33H58NO2+. The minimum atomic E-state index is -0.342. The van der Waals surface area contributed by atoms with E-state index < -0.39 is 0 Å². The number of ether oxygens (including phenoxy) is 2. The van der Waals surface area contributed by atoms with Crippen molar-refractivity contribution in [2.24, 2.45) is 46.3 Å². The van der Waals surface area contributed by atoms with Crippen LogP contribution in [0.15, 0.2) is 11.6 Å². The molecule has 206 valence electrons. The summed E-state index contributed by atoms with van der Waals surface area (Å²) in [4.78, 5) is 0. The van der Waals surface area contributed by atoms with Crippen LogP contribution in [-0.2, 0) is 9.47 Å².